The number of hydrogen-bond acceptors (Lipinski definition) is 10. The van der Waals surface area contributed by atoms with Crippen LogP contribution in [0.4, 0.5) is 0 Å². The Kier molecular flexibility index (Phi) is 10.4. The summed E-state index contributed by atoms with van der Waals surface area (Å²) in [7, 11) is 1.57. The van der Waals surface area contributed by atoms with Crippen LogP contribution in [-0.2, 0) is 54.7 Å². The van der Waals surface area contributed by atoms with Crippen molar-refractivity contribution in [1.29, 1.82) is 0 Å². The molecular formula is C34H34Cl2N6O6. The van der Waals surface area contributed by atoms with Gasteiger partial charge in [-0.2, -0.15) is 0 Å². The van der Waals surface area contributed by atoms with E-state index in [4.69, 9.17) is 51.6 Å². The van der Waals surface area contributed by atoms with Crippen molar-refractivity contribution in [3.63, 3.8) is 0 Å². The molecule has 2 aliphatic heterocycles. The van der Waals surface area contributed by atoms with E-state index in [9.17, 15) is 0 Å². The second-order valence-electron chi connectivity index (χ2n) is 11.5. The second kappa shape index (κ2) is 15.2. The number of rotatable bonds is 12. The Morgan fingerprint density at radius 3 is 1.88 bits per heavy atom. The van der Waals surface area contributed by atoms with E-state index in [1.807, 2.05) is 91.3 Å². The molecule has 5 aromatic rings. The quantitative estimate of drug-likeness (QED) is 0.172. The van der Waals surface area contributed by atoms with Crippen molar-refractivity contribution < 1.29 is 28.4 Å². The van der Waals surface area contributed by atoms with Gasteiger partial charge in [-0.25, -0.2) is 9.36 Å². The first-order chi connectivity index (χ1) is 23.5. The van der Waals surface area contributed by atoms with Crippen LogP contribution in [0.25, 0.3) is 0 Å². The Morgan fingerprint density at radius 1 is 0.729 bits per heavy atom. The van der Waals surface area contributed by atoms with Crippen LogP contribution >= 0.6 is 23.2 Å². The fraction of sp³-hybridized carbons (Fsp3) is 0.353. The first-order valence-electron chi connectivity index (χ1n) is 15.5. The van der Waals surface area contributed by atoms with Gasteiger partial charge in [0.05, 0.1) is 45.3 Å². The molecular weight excluding hydrogens is 659 g/mol. The highest BCUT2D eigenvalue weighted by Gasteiger charge is 2.51. The summed E-state index contributed by atoms with van der Waals surface area (Å²) in [5, 5.41) is 18.5. The molecule has 0 amide bonds. The number of aromatic nitrogens is 6. The molecule has 0 spiro atoms. The van der Waals surface area contributed by atoms with E-state index >= 15 is 0 Å². The Bertz CT molecular complexity index is 1790. The van der Waals surface area contributed by atoms with Gasteiger partial charge in [-0.1, -0.05) is 100 Å². The van der Waals surface area contributed by atoms with E-state index in [-0.39, 0.29) is 19.8 Å². The van der Waals surface area contributed by atoms with Gasteiger partial charge in [0.1, 0.15) is 35.8 Å². The molecule has 0 aliphatic carbocycles. The molecule has 7 rings (SSSR count). The average Bonchev–Trinajstić information content (AvgIpc) is 3.77. The highest BCUT2D eigenvalue weighted by atomic mass is 35.5. The van der Waals surface area contributed by atoms with E-state index in [1.54, 1.807) is 16.5 Å². The summed E-state index contributed by atoms with van der Waals surface area (Å²) in [6.07, 6.45) is -0.0660. The van der Waals surface area contributed by atoms with Gasteiger partial charge < -0.3 is 28.4 Å². The molecule has 12 nitrogen and oxygen atoms in total. The maximum absolute atomic E-state index is 6.58. The summed E-state index contributed by atoms with van der Waals surface area (Å²) in [5.74, 6) is 0. The molecule has 6 unspecified atom stereocenters. The van der Waals surface area contributed by atoms with Gasteiger partial charge in [-0.3, -0.25) is 0 Å². The van der Waals surface area contributed by atoms with Crippen molar-refractivity contribution in [2.45, 2.75) is 63.3 Å². The number of hydrogen-bond donors (Lipinski definition) is 0. The summed E-state index contributed by atoms with van der Waals surface area (Å²) < 4.78 is 41.1. The number of benzene rings is 3. The van der Waals surface area contributed by atoms with Crippen LogP contribution in [0.5, 0.6) is 0 Å². The van der Waals surface area contributed by atoms with Crippen molar-refractivity contribution in [3.8, 4) is 0 Å². The summed E-state index contributed by atoms with van der Waals surface area (Å²) in [6.45, 7) is 1.49. The van der Waals surface area contributed by atoms with Gasteiger partial charge in [0.2, 0.25) is 0 Å². The summed E-state index contributed by atoms with van der Waals surface area (Å²) in [4.78, 5) is 0. The molecule has 0 radical (unpaired) electrons. The predicted molar refractivity (Wildman–Crippen MR) is 174 cm³/mol. The van der Waals surface area contributed by atoms with Crippen LogP contribution in [0.15, 0.2) is 91.3 Å². The van der Waals surface area contributed by atoms with Crippen LogP contribution in [0.1, 0.15) is 34.4 Å². The predicted octanol–water partition coefficient (Wildman–Crippen LogP) is 5.23. The minimum absolute atomic E-state index is 0.125. The molecule has 0 saturated carbocycles. The zero-order chi connectivity index (χ0) is 32.9. The number of halogens is 2. The zero-order valence-corrected chi connectivity index (χ0v) is 27.6. The lowest BCUT2D eigenvalue weighted by Crippen LogP contribution is -2.63. The fourth-order valence-electron chi connectivity index (χ4n) is 5.81. The molecule has 0 bridgehead atoms. The van der Waals surface area contributed by atoms with Crippen molar-refractivity contribution in [2.24, 2.45) is 0 Å². The van der Waals surface area contributed by atoms with Crippen molar-refractivity contribution in [3.05, 3.63) is 129 Å². The van der Waals surface area contributed by atoms with E-state index in [2.05, 4.69) is 20.6 Å². The molecule has 48 heavy (non-hydrogen) atoms. The summed E-state index contributed by atoms with van der Waals surface area (Å²) in [6, 6.07) is 25.0. The van der Waals surface area contributed by atoms with Gasteiger partial charge in [0.25, 0.3) is 0 Å². The minimum atomic E-state index is -0.772. The van der Waals surface area contributed by atoms with Gasteiger partial charge in [0.15, 0.2) is 12.6 Å². The molecule has 4 heterocycles. The lowest BCUT2D eigenvalue weighted by Gasteiger charge is -2.48. The monoisotopic (exact) mass is 692 g/mol. The minimum Gasteiger partial charge on any atom is -0.366 e. The molecule has 0 N–H and O–H groups in total. The second-order valence-corrected chi connectivity index (χ2v) is 12.3. The SMILES string of the molecule is COC1OC2COC(c3ccccc3)OC2C(OCc2cn(Cc3ccccc3Cl)nn2)C1OCc1cn(Cc2ccccc2Cl)nn1. The Hall–Kier alpha value is -3.72. The number of methoxy groups -OCH3 is 1. The van der Waals surface area contributed by atoms with E-state index < -0.39 is 37.0 Å². The third-order valence-corrected chi connectivity index (χ3v) is 8.93. The Balaban J connectivity index is 1.09. The van der Waals surface area contributed by atoms with Crippen molar-refractivity contribution >= 4 is 23.2 Å². The molecule has 6 atom stereocenters. The lowest BCUT2D eigenvalue weighted by atomic mass is 9.97. The molecule has 14 heteroatoms. The Labute approximate surface area is 287 Å². The third-order valence-electron chi connectivity index (χ3n) is 8.19. The number of nitrogens with zero attached hydrogens (tertiary/aromatic N) is 6. The van der Waals surface area contributed by atoms with E-state index in [1.165, 1.54) is 0 Å². The van der Waals surface area contributed by atoms with Gasteiger partial charge in [-0.05, 0) is 23.3 Å². The maximum Gasteiger partial charge on any atom is 0.186 e. The molecule has 2 aliphatic rings. The normalized spacial score (nSPS) is 24.0. The highest BCUT2D eigenvalue weighted by Crippen LogP contribution is 2.37. The molecule has 250 valence electrons. The highest BCUT2D eigenvalue weighted by molar-refractivity contribution is 6.31. The fourth-order valence-corrected chi connectivity index (χ4v) is 6.20. The van der Waals surface area contributed by atoms with Crippen LogP contribution in [-0.4, -0.2) is 74.4 Å². The van der Waals surface area contributed by atoms with Gasteiger partial charge in [-0.15, -0.1) is 10.2 Å². The zero-order valence-electron chi connectivity index (χ0n) is 26.0. The van der Waals surface area contributed by atoms with Crippen LogP contribution in [0.3, 0.4) is 0 Å². The molecule has 2 fully saturated rings. The summed E-state index contributed by atoms with van der Waals surface area (Å²) in [5.41, 5.74) is 4.01. The van der Waals surface area contributed by atoms with Gasteiger partial charge in [0, 0.05) is 22.7 Å². The third kappa shape index (κ3) is 7.61. The maximum atomic E-state index is 6.58. The molecule has 2 saturated heterocycles. The van der Waals surface area contributed by atoms with Crippen molar-refractivity contribution in [1.82, 2.24) is 30.0 Å². The van der Waals surface area contributed by atoms with E-state index in [0.29, 0.717) is 34.5 Å². The van der Waals surface area contributed by atoms with Gasteiger partial charge >= 0.3 is 0 Å². The smallest absolute Gasteiger partial charge is 0.186 e. The average molecular weight is 694 g/mol. The molecule has 2 aromatic heterocycles. The largest absolute Gasteiger partial charge is 0.366 e. The number of fused-ring (bicyclic) bond motifs is 1. The standard InChI is InChI=1S/C34H34Cl2N6O6/c1-43-34-32(45-20-26-18-42(40-38-26)16-24-12-6-8-14-28(24)36)31(30-29(47-34)21-46-33(48-30)22-9-3-2-4-10-22)44-19-25-17-41(39-37-25)15-23-11-5-7-13-27(23)35/h2-14,17-18,29-34H,15-16,19-21H2,1H3. The Morgan fingerprint density at radius 2 is 1.29 bits per heavy atom. The first kappa shape index (κ1) is 32.8. The van der Waals surface area contributed by atoms with E-state index in [0.717, 1.165) is 16.7 Å². The number of ether oxygens (including phenoxy) is 6. The topological polar surface area (TPSA) is 117 Å². The van der Waals surface area contributed by atoms with Crippen LogP contribution in [0.2, 0.25) is 10.0 Å². The lowest BCUT2D eigenvalue weighted by molar-refractivity contribution is -0.369. The first-order valence-corrected chi connectivity index (χ1v) is 16.3. The van der Waals surface area contributed by atoms with Crippen LogP contribution < -0.4 is 0 Å². The molecule has 3 aromatic carbocycles. The van der Waals surface area contributed by atoms with Crippen LogP contribution in [0, 0.1) is 0 Å². The summed E-state index contributed by atoms with van der Waals surface area (Å²) >= 11 is 12.7. The van der Waals surface area contributed by atoms with Crippen molar-refractivity contribution in [2.75, 3.05) is 13.7 Å².